The summed E-state index contributed by atoms with van der Waals surface area (Å²) in [5.41, 5.74) is -0.191. The Kier molecular flexibility index (Phi) is 7.42. The molecule has 7 heteroatoms. The number of benzene rings is 1. The lowest BCUT2D eigenvalue weighted by molar-refractivity contribution is 0.0954. The standard InChI is InChI=1S/C20H25F2N2O2P/c1-3-5-13(4-2)18-16(17(26)12-25)10-11-23-19(18)24-15-8-6-14(7-9-15)20(21,22)27/h5-11,17,25-26H,3-4,12,27H2,1-2H3,(H,23,24)/b13-5+. The van der Waals surface area contributed by atoms with Crippen molar-refractivity contribution >= 4 is 26.3 Å². The predicted octanol–water partition coefficient (Wildman–Crippen LogP) is 4.98. The third-order valence-electron chi connectivity index (χ3n) is 4.20. The van der Waals surface area contributed by atoms with Crippen molar-refractivity contribution in [3.8, 4) is 0 Å². The number of pyridine rings is 1. The van der Waals surface area contributed by atoms with Crippen LogP contribution in [0.15, 0.2) is 42.6 Å². The third-order valence-corrected chi connectivity index (χ3v) is 4.53. The Morgan fingerprint density at radius 2 is 1.93 bits per heavy atom. The van der Waals surface area contributed by atoms with Crippen LogP contribution in [0.3, 0.4) is 0 Å². The monoisotopic (exact) mass is 394 g/mol. The van der Waals surface area contributed by atoms with E-state index in [1.54, 1.807) is 24.4 Å². The fourth-order valence-corrected chi connectivity index (χ4v) is 3.06. The molecule has 146 valence electrons. The number of nitrogens with one attached hydrogen (secondary N) is 1. The van der Waals surface area contributed by atoms with E-state index in [9.17, 15) is 19.0 Å². The van der Waals surface area contributed by atoms with Crippen LogP contribution in [0.1, 0.15) is 49.5 Å². The van der Waals surface area contributed by atoms with Gasteiger partial charge < -0.3 is 15.5 Å². The van der Waals surface area contributed by atoms with Crippen molar-refractivity contribution in [1.82, 2.24) is 4.98 Å². The van der Waals surface area contributed by atoms with Crippen LogP contribution < -0.4 is 5.32 Å². The number of hydrogen-bond donors (Lipinski definition) is 3. The minimum absolute atomic E-state index is 0.101. The van der Waals surface area contributed by atoms with Gasteiger partial charge in [0.25, 0.3) is 5.66 Å². The minimum Gasteiger partial charge on any atom is -0.393 e. The van der Waals surface area contributed by atoms with E-state index < -0.39 is 18.4 Å². The zero-order valence-corrected chi connectivity index (χ0v) is 16.6. The highest BCUT2D eigenvalue weighted by Crippen LogP contribution is 2.36. The van der Waals surface area contributed by atoms with Crippen molar-refractivity contribution in [3.63, 3.8) is 0 Å². The molecule has 4 nitrogen and oxygen atoms in total. The van der Waals surface area contributed by atoms with Crippen LogP contribution in [0, 0.1) is 0 Å². The highest BCUT2D eigenvalue weighted by molar-refractivity contribution is 7.17. The molecular formula is C20H25F2N2O2P. The van der Waals surface area contributed by atoms with Crippen molar-refractivity contribution in [2.45, 2.75) is 38.5 Å². The molecule has 0 aliphatic rings. The lowest BCUT2D eigenvalue weighted by atomic mass is 9.94. The number of rotatable bonds is 8. The summed E-state index contributed by atoms with van der Waals surface area (Å²) in [6.07, 6.45) is 4.09. The van der Waals surface area contributed by atoms with Crippen LogP contribution in [0.25, 0.3) is 5.57 Å². The lowest BCUT2D eigenvalue weighted by Crippen LogP contribution is -2.10. The lowest BCUT2D eigenvalue weighted by Gasteiger charge is -2.20. The maximum Gasteiger partial charge on any atom is 0.283 e. The average Bonchev–Trinajstić information content (AvgIpc) is 2.65. The number of allylic oxidation sites excluding steroid dienone is 2. The van der Waals surface area contributed by atoms with E-state index in [1.807, 2.05) is 19.9 Å². The number of aliphatic hydroxyl groups is 2. The molecule has 0 saturated carbocycles. The van der Waals surface area contributed by atoms with E-state index in [-0.39, 0.29) is 5.56 Å². The molecule has 2 atom stereocenters. The molecule has 1 aromatic heterocycles. The molecule has 0 spiro atoms. The van der Waals surface area contributed by atoms with Crippen LogP contribution in [-0.4, -0.2) is 21.8 Å². The van der Waals surface area contributed by atoms with Crippen molar-refractivity contribution in [1.29, 1.82) is 0 Å². The Labute approximate surface area is 160 Å². The second kappa shape index (κ2) is 9.36. The summed E-state index contributed by atoms with van der Waals surface area (Å²) in [5, 5.41) is 22.8. The van der Waals surface area contributed by atoms with Crippen LogP contribution >= 0.6 is 9.24 Å². The number of anilines is 2. The molecule has 2 aromatic rings. The Bertz CT molecular complexity index is 790. The molecule has 0 radical (unpaired) electrons. The van der Waals surface area contributed by atoms with E-state index in [0.717, 1.165) is 24.0 Å². The largest absolute Gasteiger partial charge is 0.393 e. The molecule has 0 saturated heterocycles. The van der Waals surface area contributed by atoms with E-state index >= 15 is 0 Å². The molecular weight excluding hydrogens is 369 g/mol. The molecule has 3 N–H and O–H groups in total. The topological polar surface area (TPSA) is 65.4 Å². The Hall–Kier alpha value is -1.88. The summed E-state index contributed by atoms with van der Waals surface area (Å²) in [7, 11) is 1.52. The number of hydrogen-bond acceptors (Lipinski definition) is 4. The first kappa shape index (κ1) is 21.4. The normalized spacial score (nSPS) is 13.5. The molecule has 0 aliphatic heterocycles. The maximum atomic E-state index is 13.4. The van der Waals surface area contributed by atoms with E-state index in [4.69, 9.17) is 0 Å². The number of aromatic nitrogens is 1. The maximum absolute atomic E-state index is 13.4. The number of halogens is 2. The molecule has 0 amide bonds. The van der Waals surface area contributed by atoms with E-state index in [2.05, 4.69) is 10.3 Å². The van der Waals surface area contributed by atoms with Crippen LogP contribution in [0.4, 0.5) is 20.3 Å². The molecule has 27 heavy (non-hydrogen) atoms. The smallest absolute Gasteiger partial charge is 0.283 e. The SMILES string of the molecule is CC/C=C(\CC)c1c(C(O)CO)ccnc1Nc1ccc(C(F)(F)P)cc1. The zero-order valence-electron chi connectivity index (χ0n) is 15.4. The summed E-state index contributed by atoms with van der Waals surface area (Å²) in [6, 6.07) is 7.50. The van der Waals surface area contributed by atoms with Gasteiger partial charge in [0.05, 0.1) is 6.61 Å². The highest BCUT2D eigenvalue weighted by Gasteiger charge is 2.24. The predicted molar refractivity (Wildman–Crippen MR) is 108 cm³/mol. The van der Waals surface area contributed by atoms with Gasteiger partial charge in [-0.2, -0.15) is 8.78 Å². The van der Waals surface area contributed by atoms with Gasteiger partial charge in [-0.05, 0) is 42.2 Å². The van der Waals surface area contributed by atoms with Gasteiger partial charge in [-0.1, -0.05) is 41.3 Å². The van der Waals surface area contributed by atoms with Crippen LogP contribution in [0.2, 0.25) is 0 Å². The zero-order chi connectivity index (χ0) is 20.0. The van der Waals surface area contributed by atoms with Gasteiger partial charge in [0.15, 0.2) is 0 Å². The summed E-state index contributed by atoms with van der Waals surface area (Å²) in [5.74, 6) is 0.506. The van der Waals surface area contributed by atoms with Crippen molar-refractivity contribution < 1.29 is 19.0 Å². The third kappa shape index (κ3) is 5.32. The van der Waals surface area contributed by atoms with Crippen molar-refractivity contribution in [3.05, 3.63) is 59.3 Å². The molecule has 0 bridgehead atoms. The molecule has 0 aliphatic carbocycles. The Morgan fingerprint density at radius 1 is 1.26 bits per heavy atom. The first-order chi connectivity index (χ1) is 12.8. The number of nitrogens with zero attached hydrogens (tertiary/aromatic N) is 1. The van der Waals surface area contributed by atoms with E-state index in [0.29, 0.717) is 17.1 Å². The molecule has 1 aromatic carbocycles. The first-order valence-electron chi connectivity index (χ1n) is 8.83. The average molecular weight is 394 g/mol. The Morgan fingerprint density at radius 3 is 2.44 bits per heavy atom. The van der Waals surface area contributed by atoms with E-state index in [1.165, 1.54) is 21.4 Å². The van der Waals surface area contributed by atoms with Gasteiger partial charge in [0.2, 0.25) is 0 Å². The molecule has 1 heterocycles. The summed E-state index contributed by atoms with van der Waals surface area (Å²) in [6.45, 7) is 3.61. The van der Waals surface area contributed by atoms with Crippen LogP contribution in [0.5, 0.6) is 0 Å². The van der Waals surface area contributed by atoms with Gasteiger partial charge in [0.1, 0.15) is 11.9 Å². The summed E-state index contributed by atoms with van der Waals surface area (Å²) in [4.78, 5) is 4.38. The van der Waals surface area contributed by atoms with Gasteiger partial charge in [0, 0.05) is 23.0 Å². The van der Waals surface area contributed by atoms with Gasteiger partial charge in [-0.25, -0.2) is 4.98 Å². The number of alkyl halides is 2. The van der Waals surface area contributed by atoms with Crippen molar-refractivity contribution in [2.75, 3.05) is 11.9 Å². The van der Waals surface area contributed by atoms with Crippen LogP contribution in [-0.2, 0) is 5.66 Å². The molecule has 0 fully saturated rings. The fourth-order valence-electron chi connectivity index (χ4n) is 2.87. The van der Waals surface area contributed by atoms with Gasteiger partial charge >= 0.3 is 0 Å². The van der Waals surface area contributed by atoms with Gasteiger partial charge in [-0.3, -0.25) is 0 Å². The van der Waals surface area contributed by atoms with Crippen molar-refractivity contribution in [2.24, 2.45) is 0 Å². The summed E-state index contributed by atoms with van der Waals surface area (Å²) >= 11 is 0. The quantitative estimate of drug-likeness (QED) is 0.553. The second-order valence-corrected chi connectivity index (χ2v) is 6.86. The minimum atomic E-state index is -2.98. The van der Waals surface area contributed by atoms with Gasteiger partial charge in [-0.15, -0.1) is 0 Å². The highest BCUT2D eigenvalue weighted by atomic mass is 31.0. The second-order valence-electron chi connectivity index (χ2n) is 6.14. The number of aliphatic hydroxyl groups excluding tert-OH is 2. The Balaban J connectivity index is 2.48. The fraction of sp³-hybridized carbons (Fsp3) is 0.350. The molecule has 2 unspecified atom stereocenters. The first-order valence-corrected chi connectivity index (χ1v) is 9.41. The molecule has 2 rings (SSSR count). The summed E-state index contributed by atoms with van der Waals surface area (Å²) < 4.78 is 26.7.